The van der Waals surface area contributed by atoms with E-state index >= 15 is 0 Å². The van der Waals surface area contributed by atoms with E-state index in [1.165, 1.54) is 44.9 Å². The molecule has 1 aromatic heterocycles. The summed E-state index contributed by atoms with van der Waals surface area (Å²) in [5, 5.41) is 13.2. The molecular formula is C24H33N3O. The molecule has 1 heterocycles. The van der Waals surface area contributed by atoms with E-state index in [-0.39, 0.29) is 11.3 Å². The molecule has 5 rings (SSSR count). The van der Waals surface area contributed by atoms with E-state index in [9.17, 15) is 4.79 Å². The highest BCUT2D eigenvalue weighted by molar-refractivity contribution is 5.82. The Morgan fingerprint density at radius 1 is 1.21 bits per heavy atom. The maximum Gasteiger partial charge on any atom is 0.157 e. The van der Waals surface area contributed by atoms with Crippen molar-refractivity contribution in [2.75, 3.05) is 0 Å². The molecule has 0 amide bonds. The number of aromatic nitrogens is 2. The third-order valence-electron chi connectivity index (χ3n) is 9.41. The molecule has 0 aliphatic heterocycles. The fourth-order valence-corrected chi connectivity index (χ4v) is 7.95. The lowest BCUT2D eigenvalue weighted by Gasteiger charge is -2.64. The highest BCUT2D eigenvalue weighted by Gasteiger charge is 2.61. The normalized spacial score (nSPS) is 44.4. The van der Waals surface area contributed by atoms with Crippen LogP contribution in [0.4, 0.5) is 0 Å². The molecule has 4 aliphatic rings. The summed E-state index contributed by atoms with van der Waals surface area (Å²) < 4.78 is 1.65. The Bertz CT molecular complexity index is 807. The molecule has 4 aliphatic carbocycles. The second kappa shape index (κ2) is 6.71. The predicted octanol–water partition coefficient (Wildman–Crippen LogP) is 4.84. The van der Waals surface area contributed by atoms with Gasteiger partial charge in [-0.3, -0.25) is 9.48 Å². The van der Waals surface area contributed by atoms with Crippen LogP contribution in [0.2, 0.25) is 0 Å². The first kappa shape index (κ1) is 18.4. The van der Waals surface area contributed by atoms with E-state index in [4.69, 9.17) is 5.26 Å². The standard InChI is InChI=1S/C24H33N3O/c1-15-3-5-18-17(9-15)4-6-20-19(18)7-8-24(2)21(20)10-22(24)23(28)14-27-13-16(11-25)12-26-27/h12-13,15,17-22H,3-10,14H2,1-2H3/t15?,17-,18+,19-,20-,21+,22-,24+/m1/s1. The molecule has 0 bridgehead atoms. The fourth-order valence-electron chi connectivity index (χ4n) is 7.95. The molecule has 4 saturated carbocycles. The van der Waals surface area contributed by atoms with Crippen molar-refractivity contribution in [3.05, 3.63) is 18.0 Å². The third-order valence-corrected chi connectivity index (χ3v) is 9.41. The number of ketones is 1. The summed E-state index contributed by atoms with van der Waals surface area (Å²) >= 11 is 0. The average Bonchev–Trinajstić information content (AvgIpc) is 3.12. The fraction of sp³-hybridized carbons (Fsp3) is 0.792. The summed E-state index contributed by atoms with van der Waals surface area (Å²) in [4.78, 5) is 13.0. The van der Waals surface area contributed by atoms with Gasteiger partial charge in [0, 0.05) is 12.1 Å². The van der Waals surface area contributed by atoms with Gasteiger partial charge in [0.05, 0.1) is 18.3 Å². The van der Waals surface area contributed by atoms with Gasteiger partial charge < -0.3 is 0 Å². The van der Waals surface area contributed by atoms with Gasteiger partial charge in [0.2, 0.25) is 0 Å². The van der Waals surface area contributed by atoms with E-state index < -0.39 is 0 Å². The molecule has 0 aromatic carbocycles. The molecule has 1 unspecified atom stereocenters. The summed E-state index contributed by atoms with van der Waals surface area (Å²) in [5.41, 5.74) is 0.739. The molecule has 0 radical (unpaired) electrons. The second-order valence-electron chi connectivity index (χ2n) is 10.7. The number of Topliss-reactive ketones (excluding diaryl/α,β-unsaturated/α-hetero) is 1. The maximum atomic E-state index is 13.0. The number of fused-ring (bicyclic) bond motifs is 5. The van der Waals surface area contributed by atoms with Crippen molar-refractivity contribution in [2.24, 2.45) is 46.8 Å². The van der Waals surface area contributed by atoms with Gasteiger partial charge in [-0.2, -0.15) is 10.4 Å². The van der Waals surface area contributed by atoms with Gasteiger partial charge in [0.25, 0.3) is 0 Å². The predicted molar refractivity (Wildman–Crippen MR) is 107 cm³/mol. The van der Waals surface area contributed by atoms with E-state index in [0.717, 1.165) is 41.9 Å². The lowest BCUT2D eigenvalue weighted by molar-refractivity contribution is -0.173. The zero-order valence-corrected chi connectivity index (χ0v) is 17.3. The number of hydrogen-bond donors (Lipinski definition) is 0. The minimum atomic E-state index is 0.192. The van der Waals surface area contributed by atoms with Gasteiger partial charge in [-0.05, 0) is 85.9 Å². The van der Waals surface area contributed by atoms with Crippen LogP contribution in [0.5, 0.6) is 0 Å². The average molecular weight is 380 g/mol. The molecule has 0 saturated heterocycles. The summed E-state index contributed by atoms with van der Waals surface area (Å²) in [6, 6.07) is 2.09. The van der Waals surface area contributed by atoms with Crippen molar-refractivity contribution >= 4 is 5.78 Å². The number of nitrogens with zero attached hydrogens (tertiary/aromatic N) is 3. The molecule has 4 fully saturated rings. The van der Waals surface area contributed by atoms with Gasteiger partial charge in [0.1, 0.15) is 6.07 Å². The van der Waals surface area contributed by atoms with Crippen molar-refractivity contribution in [3.8, 4) is 6.07 Å². The molecule has 4 nitrogen and oxygen atoms in total. The van der Waals surface area contributed by atoms with Crippen molar-refractivity contribution in [1.29, 1.82) is 5.26 Å². The van der Waals surface area contributed by atoms with Gasteiger partial charge in [0.15, 0.2) is 5.78 Å². The Balaban J connectivity index is 1.27. The number of carbonyl (C=O) groups is 1. The van der Waals surface area contributed by atoms with Crippen LogP contribution in [-0.4, -0.2) is 15.6 Å². The van der Waals surface area contributed by atoms with Gasteiger partial charge in [-0.25, -0.2) is 0 Å². The molecule has 0 N–H and O–H groups in total. The Kier molecular flexibility index (Phi) is 4.41. The summed E-state index contributed by atoms with van der Waals surface area (Å²) in [5.74, 6) is 5.97. The van der Waals surface area contributed by atoms with Crippen LogP contribution in [0.3, 0.4) is 0 Å². The molecular weight excluding hydrogens is 346 g/mol. The van der Waals surface area contributed by atoms with E-state index in [0.29, 0.717) is 17.9 Å². The third kappa shape index (κ3) is 2.77. The summed E-state index contributed by atoms with van der Waals surface area (Å²) in [6.45, 7) is 5.17. The number of nitriles is 1. The molecule has 28 heavy (non-hydrogen) atoms. The smallest absolute Gasteiger partial charge is 0.157 e. The van der Waals surface area contributed by atoms with Crippen LogP contribution in [-0.2, 0) is 11.3 Å². The van der Waals surface area contributed by atoms with Gasteiger partial charge in [-0.1, -0.05) is 20.3 Å². The lowest BCUT2D eigenvalue weighted by atomic mass is 9.40. The molecule has 150 valence electrons. The van der Waals surface area contributed by atoms with Crippen LogP contribution in [0, 0.1) is 58.2 Å². The SMILES string of the molecule is CC1CC[C@H]2[C@H](CC[C@@H]3[C@@H]2CC[C@]2(C)[C@@H](C(=O)Cn4cc(C#N)cn4)C[C@@H]32)C1. The van der Waals surface area contributed by atoms with Crippen molar-refractivity contribution in [3.63, 3.8) is 0 Å². The van der Waals surface area contributed by atoms with Crippen LogP contribution in [0.1, 0.15) is 70.8 Å². The minimum absolute atomic E-state index is 0.192. The molecule has 0 spiro atoms. The largest absolute Gasteiger partial charge is 0.297 e. The molecule has 1 aromatic rings. The first-order valence-corrected chi connectivity index (χ1v) is 11.4. The Morgan fingerprint density at radius 2 is 2.04 bits per heavy atom. The number of carbonyl (C=O) groups excluding carboxylic acids is 1. The van der Waals surface area contributed by atoms with Crippen LogP contribution in [0.15, 0.2) is 12.4 Å². The monoisotopic (exact) mass is 379 g/mol. The van der Waals surface area contributed by atoms with Crippen molar-refractivity contribution < 1.29 is 4.79 Å². The zero-order valence-electron chi connectivity index (χ0n) is 17.3. The second-order valence-corrected chi connectivity index (χ2v) is 10.7. The van der Waals surface area contributed by atoms with Crippen LogP contribution in [0.25, 0.3) is 0 Å². The van der Waals surface area contributed by atoms with Gasteiger partial charge in [-0.15, -0.1) is 0 Å². The first-order valence-electron chi connectivity index (χ1n) is 11.4. The highest BCUT2D eigenvalue weighted by Crippen LogP contribution is 2.67. The minimum Gasteiger partial charge on any atom is -0.297 e. The van der Waals surface area contributed by atoms with E-state index in [1.807, 2.05) is 0 Å². The topological polar surface area (TPSA) is 58.7 Å². The van der Waals surface area contributed by atoms with Crippen molar-refractivity contribution in [1.82, 2.24) is 9.78 Å². The lowest BCUT2D eigenvalue weighted by Crippen LogP contribution is -2.60. The maximum absolute atomic E-state index is 13.0. The van der Waals surface area contributed by atoms with Gasteiger partial charge >= 0.3 is 0 Å². The number of rotatable bonds is 3. The number of hydrogen-bond acceptors (Lipinski definition) is 3. The van der Waals surface area contributed by atoms with Crippen LogP contribution < -0.4 is 0 Å². The Hall–Kier alpha value is -1.63. The van der Waals surface area contributed by atoms with Crippen molar-refractivity contribution in [2.45, 2.75) is 71.8 Å². The summed E-state index contributed by atoms with van der Waals surface area (Å²) in [7, 11) is 0. The molecule has 8 atom stereocenters. The quantitative estimate of drug-likeness (QED) is 0.755. The Morgan fingerprint density at radius 3 is 2.82 bits per heavy atom. The Labute approximate surface area is 168 Å². The molecule has 4 heteroatoms. The zero-order chi connectivity index (χ0) is 19.5. The van der Waals surface area contributed by atoms with Crippen LogP contribution >= 0.6 is 0 Å². The van der Waals surface area contributed by atoms with E-state index in [1.54, 1.807) is 17.1 Å². The van der Waals surface area contributed by atoms with E-state index in [2.05, 4.69) is 25.0 Å². The highest BCUT2D eigenvalue weighted by atomic mass is 16.1. The summed E-state index contributed by atoms with van der Waals surface area (Å²) in [6.07, 6.45) is 14.1. The first-order chi connectivity index (χ1) is 13.5.